The topological polar surface area (TPSA) is 93.0 Å². The van der Waals surface area contributed by atoms with E-state index in [-0.39, 0.29) is 24.9 Å². The first-order valence-electron chi connectivity index (χ1n) is 6.07. The van der Waals surface area contributed by atoms with Gasteiger partial charge in [0.05, 0.1) is 6.54 Å². The Kier molecular flexibility index (Phi) is 3.42. The van der Waals surface area contributed by atoms with Gasteiger partial charge in [0.2, 0.25) is 17.6 Å². The van der Waals surface area contributed by atoms with Crippen molar-refractivity contribution in [3.05, 3.63) is 16.8 Å². The van der Waals surface area contributed by atoms with Crippen molar-refractivity contribution in [1.82, 2.24) is 30.4 Å². The first-order valence-corrected chi connectivity index (χ1v) is 7.01. The van der Waals surface area contributed by atoms with Crippen molar-refractivity contribution < 1.29 is 9.59 Å². The summed E-state index contributed by atoms with van der Waals surface area (Å²) in [7, 11) is 0. The number of thiophene rings is 1. The number of amides is 2. The molecular weight excluding hydrogens is 280 g/mol. The van der Waals surface area contributed by atoms with Crippen LogP contribution in [0.1, 0.15) is 0 Å². The van der Waals surface area contributed by atoms with Gasteiger partial charge in [-0.1, -0.05) is 0 Å². The summed E-state index contributed by atoms with van der Waals surface area (Å²) in [4.78, 5) is 26.0. The summed E-state index contributed by atoms with van der Waals surface area (Å²) in [5.74, 6) is 0.166. The SMILES string of the molecule is O=C1CN(C(=O)Cn2nnc(-c3ccsc3)n2)CCN1. The van der Waals surface area contributed by atoms with Gasteiger partial charge in [0, 0.05) is 24.0 Å². The molecular formula is C11H12N6O2S. The molecule has 0 saturated carbocycles. The largest absolute Gasteiger partial charge is 0.353 e. The highest BCUT2D eigenvalue weighted by Crippen LogP contribution is 2.16. The van der Waals surface area contributed by atoms with Crippen LogP contribution in [0.5, 0.6) is 0 Å². The zero-order valence-electron chi connectivity index (χ0n) is 10.5. The number of tetrazole rings is 1. The number of rotatable bonds is 3. The second kappa shape index (κ2) is 5.37. The normalized spacial score (nSPS) is 15.2. The van der Waals surface area contributed by atoms with Crippen molar-refractivity contribution in [2.75, 3.05) is 19.6 Å². The average Bonchev–Trinajstić information content (AvgIpc) is 3.08. The Morgan fingerprint density at radius 2 is 2.40 bits per heavy atom. The number of piperazine rings is 1. The minimum Gasteiger partial charge on any atom is -0.353 e. The summed E-state index contributed by atoms with van der Waals surface area (Å²) in [6, 6.07) is 1.89. The van der Waals surface area contributed by atoms with Gasteiger partial charge in [-0.15, -0.1) is 10.2 Å². The van der Waals surface area contributed by atoms with Gasteiger partial charge in [-0.25, -0.2) is 0 Å². The molecule has 0 spiro atoms. The van der Waals surface area contributed by atoms with Crippen LogP contribution in [0.2, 0.25) is 0 Å². The van der Waals surface area contributed by atoms with Crippen LogP contribution in [0.25, 0.3) is 11.4 Å². The van der Waals surface area contributed by atoms with E-state index in [1.54, 1.807) is 11.3 Å². The molecule has 1 aliphatic heterocycles. The van der Waals surface area contributed by atoms with E-state index in [1.807, 2.05) is 16.8 Å². The maximum absolute atomic E-state index is 12.0. The molecule has 2 aromatic heterocycles. The highest BCUT2D eigenvalue weighted by molar-refractivity contribution is 7.08. The van der Waals surface area contributed by atoms with E-state index >= 15 is 0 Å². The molecule has 104 valence electrons. The Bertz CT molecular complexity index is 623. The Labute approximate surface area is 118 Å². The molecule has 8 nitrogen and oxygen atoms in total. The lowest BCUT2D eigenvalue weighted by Gasteiger charge is -2.26. The lowest BCUT2D eigenvalue weighted by molar-refractivity contribution is -0.139. The Morgan fingerprint density at radius 3 is 3.15 bits per heavy atom. The van der Waals surface area contributed by atoms with Gasteiger partial charge in [0.15, 0.2) is 0 Å². The third kappa shape index (κ3) is 2.67. The molecule has 0 bridgehead atoms. The molecule has 3 heterocycles. The lowest BCUT2D eigenvalue weighted by atomic mass is 10.3. The summed E-state index contributed by atoms with van der Waals surface area (Å²) in [5, 5.41) is 18.4. The van der Waals surface area contributed by atoms with Crippen LogP contribution in [-0.2, 0) is 16.1 Å². The van der Waals surface area contributed by atoms with Gasteiger partial charge in [0.25, 0.3) is 0 Å². The van der Waals surface area contributed by atoms with E-state index in [1.165, 1.54) is 9.70 Å². The maximum atomic E-state index is 12.0. The third-order valence-electron chi connectivity index (χ3n) is 2.90. The van der Waals surface area contributed by atoms with Crippen LogP contribution >= 0.6 is 11.3 Å². The van der Waals surface area contributed by atoms with Crippen molar-refractivity contribution in [2.45, 2.75) is 6.54 Å². The zero-order valence-corrected chi connectivity index (χ0v) is 11.3. The van der Waals surface area contributed by atoms with Gasteiger partial charge < -0.3 is 10.2 Å². The minimum absolute atomic E-state index is 0.00951. The van der Waals surface area contributed by atoms with Crippen molar-refractivity contribution in [3.8, 4) is 11.4 Å². The van der Waals surface area contributed by atoms with Crippen molar-refractivity contribution in [1.29, 1.82) is 0 Å². The van der Waals surface area contributed by atoms with E-state index in [9.17, 15) is 9.59 Å². The third-order valence-corrected chi connectivity index (χ3v) is 3.58. The molecule has 1 aliphatic rings. The van der Waals surface area contributed by atoms with Crippen LogP contribution < -0.4 is 5.32 Å². The van der Waals surface area contributed by atoms with Crippen LogP contribution in [0.3, 0.4) is 0 Å². The minimum atomic E-state index is -0.186. The first kappa shape index (κ1) is 12.7. The number of hydrogen-bond acceptors (Lipinski definition) is 6. The van der Waals surface area contributed by atoms with Crippen molar-refractivity contribution >= 4 is 23.2 Å². The number of nitrogens with zero attached hydrogens (tertiary/aromatic N) is 5. The molecule has 1 N–H and O–H groups in total. The molecule has 20 heavy (non-hydrogen) atoms. The molecule has 9 heteroatoms. The average molecular weight is 292 g/mol. The standard InChI is InChI=1S/C11H12N6O2S/c18-9-5-16(3-2-12-9)10(19)6-17-14-11(13-15-17)8-1-4-20-7-8/h1,4,7H,2-3,5-6H2,(H,12,18). The molecule has 2 aromatic rings. The highest BCUT2D eigenvalue weighted by Gasteiger charge is 2.22. The van der Waals surface area contributed by atoms with Crippen molar-refractivity contribution in [3.63, 3.8) is 0 Å². The quantitative estimate of drug-likeness (QED) is 0.812. The molecule has 0 atom stereocenters. The maximum Gasteiger partial charge on any atom is 0.246 e. The fourth-order valence-electron chi connectivity index (χ4n) is 1.89. The van der Waals surface area contributed by atoms with Crippen LogP contribution in [-0.4, -0.2) is 56.6 Å². The lowest BCUT2D eigenvalue weighted by Crippen LogP contribution is -2.50. The summed E-state index contributed by atoms with van der Waals surface area (Å²) in [5.41, 5.74) is 0.881. The number of nitrogens with one attached hydrogen (secondary N) is 1. The van der Waals surface area contributed by atoms with Gasteiger partial charge in [-0.2, -0.15) is 16.1 Å². The molecule has 3 rings (SSSR count). The second-order valence-corrected chi connectivity index (χ2v) is 5.10. The number of carbonyl (C=O) groups is 2. The van der Waals surface area contributed by atoms with Crippen molar-refractivity contribution in [2.24, 2.45) is 0 Å². The Balaban J connectivity index is 1.66. The Hall–Kier alpha value is -2.29. The molecule has 2 amide bonds. The molecule has 0 aromatic carbocycles. The molecule has 0 unspecified atom stereocenters. The smallest absolute Gasteiger partial charge is 0.246 e. The second-order valence-electron chi connectivity index (χ2n) is 4.32. The van der Waals surface area contributed by atoms with Gasteiger partial charge in [-0.05, 0) is 16.7 Å². The van der Waals surface area contributed by atoms with E-state index in [0.29, 0.717) is 18.9 Å². The Morgan fingerprint density at radius 1 is 1.50 bits per heavy atom. The van der Waals surface area contributed by atoms with E-state index in [4.69, 9.17) is 0 Å². The van der Waals surface area contributed by atoms with Crippen LogP contribution in [0.4, 0.5) is 0 Å². The summed E-state index contributed by atoms with van der Waals surface area (Å²) in [6.45, 7) is 1.07. The molecule has 1 saturated heterocycles. The van der Waals surface area contributed by atoms with E-state index in [0.717, 1.165) is 5.56 Å². The summed E-state index contributed by atoms with van der Waals surface area (Å²) < 4.78 is 0. The van der Waals surface area contributed by atoms with Crippen LogP contribution in [0.15, 0.2) is 16.8 Å². The summed E-state index contributed by atoms with van der Waals surface area (Å²) >= 11 is 1.54. The number of aromatic nitrogens is 4. The van der Waals surface area contributed by atoms with E-state index in [2.05, 4.69) is 20.7 Å². The predicted octanol–water partition coefficient (Wildman–Crippen LogP) is -0.640. The number of carbonyl (C=O) groups excluding carboxylic acids is 2. The fraction of sp³-hybridized carbons (Fsp3) is 0.364. The molecule has 0 aliphatic carbocycles. The number of hydrogen-bond donors (Lipinski definition) is 1. The predicted molar refractivity (Wildman–Crippen MR) is 70.7 cm³/mol. The highest BCUT2D eigenvalue weighted by atomic mass is 32.1. The summed E-state index contributed by atoms with van der Waals surface area (Å²) in [6.07, 6.45) is 0. The monoisotopic (exact) mass is 292 g/mol. The molecule has 0 radical (unpaired) electrons. The first-order chi connectivity index (χ1) is 9.72. The van der Waals surface area contributed by atoms with E-state index < -0.39 is 0 Å². The van der Waals surface area contributed by atoms with Gasteiger partial charge in [-0.3, -0.25) is 9.59 Å². The van der Waals surface area contributed by atoms with Crippen LogP contribution in [0, 0.1) is 0 Å². The zero-order chi connectivity index (χ0) is 13.9. The fourth-order valence-corrected chi connectivity index (χ4v) is 2.52. The van der Waals surface area contributed by atoms with Gasteiger partial charge >= 0.3 is 0 Å². The van der Waals surface area contributed by atoms with Gasteiger partial charge in [0.1, 0.15) is 6.54 Å². The molecule has 1 fully saturated rings.